The van der Waals surface area contributed by atoms with Crippen molar-refractivity contribution in [1.29, 1.82) is 5.26 Å². The highest BCUT2D eigenvalue weighted by Gasteiger charge is 2.22. The summed E-state index contributed by atoms with van der Waals surface area (Å²) < 4.78 is 2.03. The Morgan fingerprint density at radius 2 is 2.06 bits per heavy atom. The van der Waals surface area contributed by atoms with Crippen LogP contribution in [0.25, 0.3) is 11.0 Å². The number of fused-ring (bicyclic) bond motifs is 1. The van der Waals surface area contributed by atoms with Gasteiger partial charge in [-0.2, -0.15) is 5.26 Å². The molecule has 4 nitrogen and oxygen atoms in total. The van der Waals surface area contributed by atoms with Crippen LogP contribution in [0.4, 0.5) is 0 Å². The van der Waals surface area contributed by atoms with E-state index in [-0.39, 0.29) is 0 Å². The predicted molar refractivity (Wildman–Crippen MR) is 72.3 cm³/mol. The summed E-state index contributed by atoms with van der Waals surface area (Å²) in [7, 11) is 1.80. The lowest BCUT2D eigenvalue weighted by atomic mass is 10.0. The van der Waals surface area contributed by atoms with E-state index in [1.54, 1.807) is 13.4 Å². The summed E-state index contributed by atoms with van der Waals surface area (Å²) in [5.41, 5.74) is 3.97. The number of rotatable bonds is 3. The van der Waals surface area contributed by atoms with Gasteiger partial charge in [0.15, 0.2) is 0 Å². The quantitative estimate of drug-likeness (QED) is 0.897. The zero-order valence-corrected chi connectivity index (χ0v) is 11.3. The second kappa shape index (κ2) is 4.43. The first-order valence-corrected chi connectivity index (χ1v) is 6.01. The Hall–Kier alpha value is -1.86. The zero-order valence-electron chi connectivity index (χ0n) is 11.3. The molecule has 0 aliphatic carbocycles. The Morgan fingerprint density at radius 3 is 2.67 bits per heavy atom. The molecule has 0 fully saturated rings. The Morgan fingerprint density at radius 1 is 1.39 bits per heavy atom. The molecule has 1 atom stereocenters. The van der Waals surface area contributed by atoms with E-state index in [4.69, 9.17) is 0 Å². The van der Waals surface area contributed by atoms with Crippen molar-refractivity contribution < 1.29 is 0 Å². The molecule has 1 aromatic carbocycles. The number of aromatic nitrogens is 2. The topological polar surface area (TPSA) is 53.6 Å². The van der Waals surface area contributed by atoms with Gasteiger partial charge in [0, 0.05) is 0 Å². The number of hydrogen-bond donors (Lipinski definition) is 1. The average Bonchev–Trinajstić information content (AvgIpc) is 2.72. The molecule has 0 aliphatic heterocycles. The van der Waals surface area contributed by atoms with Gasteiger partial charge in [0.25, 0.3) is 0 Å². The second-order valence-corrected chi connectivity index (χ2v) is 4.99. The highest BCUT2D eigenvalue weighted by molar-refractivity contribution is 5.77. The standard InChI is InChI=1S/C14H18N4/c1-10-5-12-13(6-11(10)2)18(9-17-12)8-14(3,7-15)16-4/h5-6,9,16H,8H2,1-4H3. The highest BCUT2D eigenvalue weighted by atomic mass is 15.1. The molecule has 1 aromatic heterocycles. The summed E-state index contributed by atoms with van der Waals surface area (Å²) in [6.07, 6.45) is 1.80. The number of nitriles is 1. The van der Waals surface area contributed by atoms with Crippen LogP contribution in [0, 0.1) is 25.2 Å². The van der Waals surface area contributed by atoms with Crippen molar-refractivity contribution in [3.8, 4) is 6.07 Å². The Bertz CT molecular complexity index is 620. The van der Waals surface area contributed by atoms with Gasteiger partial charge >= 0.3 is 0 Å². The predicted octanol–water partition coefficient (Wildman–Crippen LogP) is 2.15. The molecular formula is C14H18N4. The molecule has 18 heavy (non-hydrogen) atoms. The number of imidazole rings is 1. The van der Waals surface area contributed by atoms with Gasteiger partial charge in [-0.1, -0.05) is 0 Å². The van der Waals surface area contributed by atoms with Crippen LogP contribution in [0.3, 0.4) is 0 Å². The second-order valence-electron chi connectivity index (χ2n) is 4.99. The maximum atomic E-state index is 9.21. The highest BCUT2D eigenvalue weighted by Crippen LogP contribution is 2.20. The first-order valence-electron chi connectivity index (χ1n) is 6.01. The molecule has 0 spiro atoms. The minimum absolute atomic E-state index is 0.577. The van der Waals surface area contributed by atoms with Crippen LogP contribution in [0.1, 0.15) is 18.1 Å². The number of likely N-dealkylation sites (N-methyl/N-ethyl adjacent to an activating group) is 1. The van der Waals surface area contributed by atoms with E-state index in [2.05, 4.69) is 42.4 Å². The van der Waals surface area contributed by atoms with Crippen molar-refractivity contribution in [3.63, 3.8) is 0 Å². The van der Waals surface area contributed by atoms with Gasteiger partial charge < -0.3 is 9.88 Å². The number of hydrogen-bond acceptors (Lipinski definition) is 3. The summed E-state index contributed by atoms with van der Waals surface area (Å²) in [6, 6.07) is 6.52. The molecule has 1 unspecified atom stereocenters. The lowest BCUT2D eigenvalue weighted by molar-refractivity contribution is 0.424. The van der Waals surface area contributed by atoms with Gasteiger partial charge in [-0.25, -0.2) is 4.98 Å². The first-order chi connectivity index (χ1) is 8.49. The van der Waals surface area contributed by atoms with Crippen LogP contribution in [-0.4, -0.2) is 22.1 Å². The number of nitrogens with one attached hydrogen (secondary N) is 1. The molecule has 1 N–H and O–H groups in total. The monoisotopic (exact) mass is 242 g/mol. The van der Waals surface area contributed by atoms with Crippen LogP contribution >= 0.6 is 0 Å². The van der Waals surface area contributed by atoms with Gasteiger partial charge in [-0.15, -0.1) is 0 Å². The van der Waals surface area contributed by atoms with Crippen LogP contribution in [0.15, 0.2) is 18.5 Å². The Balaban J connectivity index is 2.47. The molecule has 0 bridgehead atoms. The smallest absolute Gasteiger partial charge is 0.121 e. The largest absolute Gasteiger partial charge is 0.328 e. The molecule has 0 aliphatic rings. The van der Waals surface area contributed by atoms with E-state index in [1.165, 1.54) is 11.1 Å². The summed E-state index contributed by atoms with van der Waals surface area (Å²) in [4.78, 5) is 4.40. The molecule has 0 radical (unpaired) electrons. The van der Waals surface area contributed by atoms with Gasteiger partial charge in [0.05, 0.1) is 30.0 Å². The third kappa shape index (κ3) is 2.09. The lowest BCUT2D eigenvalue weighted by Crippen LogP contribution is -2.42. The Labute approximate surface area is 107 Å². The lowest BCUT2D eigenvalue weighted by Gasteiger charge is -2.21. The third-order valence-electron chi connectivity index (χ3n) is 3.52. The van der Waals surface area contributed by atoms with E-state index in [0.717, 1.165) is 11.0 Å². The number of aryl methyl sites for hydroxylation is 2. The molecule has 2 rings (SSSR count). The van der Waals surface area contributed by atoms with Gasteiger partial charge in [0.2, 0.25) is 0 Å². The molecular weight excluding hydrogens is 224 g/mol. The summed E-state index contributed by atoms with van der Waals surface area (Å²) in [6.45, 7) is 6.65. The fraction of sp³-hybridized carbons (Fsp3) is 0.429. The SMILES string of the molecule is CNC(C)(C#N)Cn1cnc2cc(C)c(C)cc21. The van der Waals surface area contributed by atoms with E-state index in [1.807, 2.05) is 11.5 Å². The van der Waals surface area contributed by atoms with E-state index in [0.29, 0.717) is 6.54 Å². The van der Waals surface area contributed by atoms with E-state index in [9.17, 15) is 5.26 Å². The van der Waals surface area contributed by atoms with Crippen LogP contribution < -0.4 is 5.32 Å². The van der Waals surface area contributed by atoms with Crippen LogP contribution in [0.2, 0.25) is 0 Å². The molecule has 0 saturated carbocycles. The molecule has 94 valence electrons. The number of benzene rings is 1. The fourth-order valence-corrected chi connectivity index (χ4v) is 1.95. The average molecular weight is 242 g/mol. The molecule has 2 aromatic rings. The van der Waals surface area contributed by atoms with Crippen molar-refractivity contribution in [2.75, 3.05) is 7.05 Å². The summed E-state index contributed by atoms with van der Waals surface area (Å²) in [5, 5.41) is 12.3. The van der Waals surface area contributed by atoms with Crippen LogP contribution in [-0.2, 0) is 6.54 Å². The van der Waals surface area contributed by atoms with Gasteiger partial charge in [0.1, 0.15) is 5.54 Å². The van der Waals surface area contributed by atoms with E-state index >= 15 is 0 Å². The zero-order chi connectivity index (χ0) is 13.3. The molecule has 1 heterocycles. The van der Waals surface area contributed by atoms with Crippen molar-refractivity contribution in [1.82, 2.24) is 14.9 Å². The minimum Gasteiger partial charge on any atom is -0.328 e. The first kappa shape index (κ1) is 12.6. The number of nitrogens with zero attached hydrogens (tertiary/aromatic N) is 3. The van der Waals surface area contributed by atoms with Crippen molar-refractivity contribution >= 4 is 11.0 Å². The third-order valence-corrected chi connectivity index (χ3v) is 3.52. The van der Waals surface area contributed by atoms with Gasteiger partial charge in [-0.3, -0.25) is 0 Å². The maximum absolute atomic E-state index is 9.21. The van der Waals surface area contributed by atoms with E-state index < -0.39 is 5.54 Å². The van der Waals surface area contributed by atoms with Crippen molar-refractivity contribution in [2.24, 2.45) is 0 Å². The maximum Gasteiger partial charge on any atom is 0.121 e. The minimum atomic E-state index is -0.577. The van der Waals surface area contributed by atoms with Crippen molar-refractivity contribution in [3.05, 3.63) is 29.6 Å². The molecule has 4 heteroatoms. The summed E-state index contributed by atoms with van der Waals surface area (Å²) >= 11 is 0. The summed E-state index contributed by atoms with van der Waals surface area (Å²) in [5.74, 6) is 0. The van der Waals surface area contributed by atoms with Gasteiger partial charge in [-0.05, 0) is 51.1 Å². The normalized spacial score (nSPS) is 14.4. The fourth-order valence-electron chi connectivity index (χ4n) is 1.95. The Kier molecular flexibility index (Phi) is 3.10. The van der Waals surface area contributed by atoms with Crippen molar-refractivity contribution in [2.45, 2.75) is 32.9 Å². The van der Waals surface area contributed by atoms with Crippen LogP contribution in [0.5, 0.6) is 0 Å². The molecule has 0 saturated heterocycles. The molecule has 0 amide bonds.